The molecule has 0 bridgehead atoms. The van der Waals surface area contributed by atoms with Crippen molar-refractivity contribution >= 4 is 45.2 Å². The zero-order valence-electron chi connectivity index (χ0n) is 34.1. The Morgan fingerprint density at radius 3 is 2.24 bits per heavy atom. The van der Waals surface area contributed by atoms with E-state index in [-0.39, 0.29) is 48.4 Å². The normalized spacial score (nSPS) is 26.2. The van der Waals surface area contributed by atoms with Crippen molar-refractivity contribution < 1.29 is 32.9 Å². The zero-order chi connectivity index (χ0) is 39.1. The molecule has 4 atom stereocenters. The van der Waals surface area contributed by atoms with Crippen LogP contribution in [0.2, 0.25) is 48.8 Å². The number of hydrogen-bond acceptors (Lipinski definition) is 9. The number of ether oxygens (including phenoxy) is 5. The summed E-state index contributed by atoms with van der Waals surface area (Å²) in [5.41, 5.74) is 4.18. The number of rotatable bonds is 12. The van der Waals surface area contributed by atoms with E-state index in [1.54, 1.807) is 0 Å². The van der Waals surface area contributed by atoms with Gasteiger partial charge in [-0.1, -0.05) is 76.3 Å². The van der Waals surface area contributed by atoms with Crippen LogP contribution in [0.4, 0.5) is 4.79 Å². The van der Waals surface area contributed by atoms with Gasteiger partial charge in [-0.25, -0.2) is 9.78 Å². The average Bonchev–Trinajstić information content (AvgIpc) is 3.93. The summed E-state index contributed by atoms with van der Waals surface area (Å²) in [6.07, 6.45) is 4.81. The van der Waals surface area contributed by atoms with Crippen LogP contribution in [0.25, 0.3) is 22.4 Å². The summed E-state index contributed by atoms with van der Waals surface area (Å²) >= 11 is 6.94. The van der Waals surface area contributed by atoms with E-state index in [1.165, 1.54) is 5.56 Å². The molecule has 2 aromatic heterocycles. The molecule has 3 aromatic rings. The Labute approximate surface area is 333 Å². The van der Waals surface area contributed by atoms with Gasteiger partial charge in [0.25, 0.3) is 0 Å². The van der Waals surface area contributed by atoms with Gasteiger partial charge in [0.15, 0.2) is 20.1 Å². The van der Waals surface area contributed by atoms with Crippen molar-refractivity contribution in [3.63, 3.8) is 0 Å². The molecule has 1 aromatic carbocycles. The first-order valence-corrected chi connectivity index (χ1v) is 27.3. The van der Waals surface area contributed by atoms with E-state index in [1.807, 2.05) is 15.5 Å². The highest BCUT2D eigenvalue weighted by Crippen LogP contribution is 2.41. The fraction of sp³-hybridized carbons (Fsp3) is 0.683. The Morgan fingerprint density at radius 2 is 1.58 bits per heavy atom. The molecule has 4 fully saturated rings. The van der Waals surface area contributed by atoms with E-state index in [9.17, 15) is 4.79 Å². The van der Waals surface area contributed by atoms with Crippen LogP contribution >= 0.6 is 11.6 Å². The third-order valence-electron chi connectivity index (χ3n) is 12.3. The van der Waals surface area contributed by atoms with Crippen molar-refractivity contribution in [3.8, 4) is 17.3 Å². The molecule has 1 amide bonds. The van der Waals surface area contributed by atoms with E-state index in [2.05, 4.69) is 77.8 Å². The summed E-state index contributed by atoms with van der Waals surface area (Å²) < 4.78 is 40.0. The molecule has 5 heterocycles. The first-order chi connectivity index (χ1) is 26.1. The van der Waals surface area contributed by atoms with Crippen LogP contribution in [0.3, 0.4) is 0 Å². The summed E-state index contributed by atoms with van der Waals surface area (Å²) in [6, 6.07) is 11.9. The van der Waals surface area contributed by atoms with Gasteiger partial charge in [0.1, 0.15) is 30.6 Å². The summed E-state index contributed by atoms with van der Waals surface area (Å²) in [4.78, 5) is 24.4. The second kappa shape index (κ2) is 16.4. The molecule has 14 heteroatoms. The fourth-order valence-electron chi connectivity index (χ4n) is 7.81. The number of hydrogen-bond donors (Lipinski definition) is 0. The van der Waals surface area contributed by atoms with Crippen molar-refractivity contribution in [2.45, 2.75) is 146 Å². The van der Waals surface area contributed by atoms with Gasteiger partial charge in [0.05, 0.1) is 30.0 Å². The molecule has 302 valence electrons. The summed E-state index contributed by atoms with van der Waals surface area (Å²) in [7, 11) is -3.32. The van der Waals surface area contributed by atoms with Crippen molar-refractivity contribution in [1.82, 2.24) is 19.4 Å². The Bertz CT molecular complexity index is 1800. The molecule has 4 aliphatic rings. The van der Waals surface area contributed by atoms with Gasteiger partial charge in [-0.05, 0) is 80.2 Å². The molecule has 1 saturated carbocycles. The molecular formula is C41H61ClN4O7Si2. The van der Waals surface area contributed by atoms with Crippen molar-refractivity contribution in [2.75, 3.05) is 32.9 Å². The van der Waals surface area contributed by atoms with Crippen LogP contribution < -0.4 is 4.74 Å². The van der Waals surface area contributed by atoms with Crippen molar-refractivity contribution in [2.24, 2.45) is 0 Å². The van der Waals surface area contributed by atoms with E-state index in [0.29, 0.717) is 53.6 Å². The van der Waals surface area contributed by atoms with Crippen LogP contribution in [0, 0.1) is 0 Å². The summed E-state index contributed by atoms with van der Waals surface area (Å²) in [5.74, 6) is 0.424. The third-order valence-corrected chi connectivity index (χ3v) is 18.8. The largest absolute Gasteiger partial charge is 0.456 e. The first-order valence-electron chi connectivity index (χ1n) is 20.3. The molecule has 7 rings (SSSR count). The molecular weight excluding hydrogens is 752 g/mol. The number of nitrogens with zero attached hydrogens (tertiary/aromatic N) is 4. The minimum Gasteiger partial charge on any atom is -0.456 e. The van der Waals surface area contributed by atoms with E-state index in [0.717, 1.165) is 63.2 Å². The molecule has 0 radical (unpaired) electrons. The highest BCUT2D eigenvalue weighted by molar-refractivity contribution is 6.76. The number of carbonyl (C=O) groups is 1. The molecule has 0 N–H and O–H groups in total. The van der Waals surface area contributed by atoms with Gasteiger partial charge >= 0.3 is 12.1 Å². The van der Waals surface area contributed by atoms with Crippen molar-refractivity contribution in [1.29, 1.82) is 0 Å². The van der Waals surface area contributed by atoms with Gasteiger partial charge < -0.3 is 33.0 Å². The van der Waals surface area contributed by atoms with Gasteiger partial charge in [-0.15, -0.1) is 0 Å². The highest BCUT2D eigenvalue weighted by Gasteiger charge is 2.52. The number of amides is 1. The lowest BCUT2D eigenvalue weighted by atomic mass is 9.82. The monoisotopic (exact) mass is 812 g/mol. The number of likely N-dealkylation sites (tertiary alicyclic amines) is 1. The molecule has 0 spiro atoms. The molecule has 55 heavy (non-hydrogen) atoms. The predicted molar refractivity (Wildman–Crippen MR) is 220 cm³/mol. The zero-order valence-corrected chi connectivity index (χ0v) is 36.8. The summed E-state index contributed by atoms with van der Waals surface area (Å²) in [5, 5.41) is 0.603. The average molecular weight is 814 g/mol. The maximum absolute atomic E-state index is 12.5. The fourth-order valence-corrected chi connectivity index (χ4v) is 10.1. The molecule has 4 unspecified atom stereocenters. The van der Waals surface area contributed by atoms with E-state index < -0.39 is 16.4 Å². The lowest BCUT2D eigenvalue weighted by Gasteiger charge is -2.39. The van der Waals surface area contributed by atoms with Crippen LogP contribution in [0.5, 0.6) is 6.01 Å². The quantitative estimate of drug-likeness (QED) is 0.131. The molecule has 3 aliphatic heterocycles. The number of imidazole rings is 1. The van der Waals surface area contributed by atoms with Gasteiger partial charge in [0.2, 0.25) is 0 Å². The highest BCUT2D eigenvalue weighted by atomic mass is 35.5. The number of halogens is 1. The first kappa shape index (κ1) is 40.7. The lowest BCUT2D eigenvalue weighted by Crippen LogP contribution is -2.47. The molecule has 3 saturated heterocycles. The SMILES string of the molecule is CC(C)(C)[Si](C)(C)OC1COC2C(Oc3nc4cc(Cl)c(-c5ccc(C6CCC(OC(=O)N7CCCC7)CC6)cc5)nc4n3COCC[Si](C)(C)C)COC12. The summed E-state index contributed by atoms with van der Waals surface area (Å²) in [6.45, 7) is 21.7. The van der Waals surface area contributed by atoms with Crippen LogP contribution in [-0.4, -0.2) is 105 Å². The number of aromatic nitrogens is 3. The Balaban J connectivity index is 1.06. The van der Waals surface area contributed by atoms with Gasteiger partial charge in [-0.2, -0.15) is 4.98 Å². The predicted octanol–water partition coefficient (Wildman–Crippen LogP) is 9.26. The number of benzene rings is 1. The number of pyridine rings is 1. The van der Waals surface area contributed by atoms with E-state index >= 15 is 0 Å². The minimum atomic E-state index is -2.02. The van der Waals surface area contributed by atoms with Crippen LogP contribution in [-0.2, 0) is 30.1 Å². The Morgan fingerprint density at radius 1 is 0.927 bits per heavy atom. The maximum Gasteiger partial charge on any atom is 0.410 e. The van der Waals surface area contributed by atoms with Gasteiger partial charge in [0, 0.05) is 33.3 Å². The molecule has 11 nitrogen and oxygen atoms in total. The minimum absolute atomic E-state index is 0.00295. The number of fused-ring (bicyclic) bond motifs is 2. The van der Waals surface area contributed by atoms with Gasteiger partial charge in [-0.3, -0.25) is 4.57 Å². The Hall–Kier alpha value is -2.53. The Kier molecular flexibility index (Phi) is 12.1. The maximum atomic E-state index is 12.5. The smallest absolute Gasteiger partial charge is 0.410 e. The van der Waals surface area contributed by atoms with Crippen LogP contribution in [0.15, 0.2) is 30.3 Å². The van der Waals surface area contributed by atoms with E-state index in [4.69, 9.17) is 49.7 Å². The lowest BCUT2D eigenvalue weighted by molar-refractivity contribution is 0.00687. The molecule has 1 aliphatic carbocycles. The van der Waals surface area contributed by atoms with Crippen molar-refractivity contribution in [3.05, 3.63) is 40.9 Å². The third kappa shape index (κ3) is 9.29. The topological polar surface area (TPSA) is 106 Å². The second-order valence-corrected chi connectivity index (χ2v) is 29.5. The standard InChI is InChI=1S/C41H61ClN4O7Si2/c1-41(2,3)55(7,8)53-34-25-50-36-33(24-49-37(34)36)52-39-43-32-23-31(42)35(44-38(32)46(39)26-48-21-22-54(4,5)6)29-13-11-27(12-14-29)28-15-17-30(18-16-28)51-40(47)45-19-9-10-20-45/h11-14,23,28,30,33-34,36-37H,9-10,15-22,24-26H2,1-8H3. The van der Waals surface area contributed by atoms with Crippen LogP contribution in [0.1, 0.15) is 70.8 Å². The second-order valence-electron chi connectivity index (χ2n) is 18.7. The number of carbonyl (C=O) groups excluding carboxylic acids is 1.